The highest BCUT2D eigenvalue weighted by atomic mass is 32.2. The molecule has 1 heterocycles. The first-order chi connectivity index (χ1) is 11.6. The van der Waals surface area contributed by atoms with Gasteiger partial charge in [0.1, 0.15) is 0 Å². The molecular formula is C19H23N3OS. The molecule has 126 valence electrons. The lowest BCUT2D eigenvalue weighted by molar-refractivity contribution is -0.121. The van der Waals surface area contributed by atoms with E-state index in [1.54, 1.807) is 11.8 Å². The van der Waals surface area contributed by atoms with E-state index in [0.717, 1.165) is 34.9 Å². The predicted octanol–water partition coefficient (Wildman–Crippen LogP) is 3.55. The summed E-state index contributed by atoms with van der Waals surface area (Å²) in [6.07, 6.45) is 5.17. The van der Waals surface area contributed by atoms with E-state index < -0.39 is 0 Å². The number of fused-ring (bicyclic) bond motifs is 1. The van der Waals surface area contributed by atoms with E-state index in [0.29, 0.717) is 12.8 Å². The Morgan fingerprint density at radius 2 is 1.96 bits per heavy atom. The SMILES string of the molecule is CSc1nc(C)c(CCC(=O)N[C@H]2CCc3ccccc32)c(C)n1. The molecule has 1 aliphatic carbocycles. The van der Waals surface area contributed by atoms with Gasteiger partial charge in [0.25, 0.3) is 0 Å². The number of nitrogens with one attached hydrogen (secondary N) is 1. The second-order valence-electron chi connectivity index (χ2n) is 6.22. The van der Waals surface area contributed by atoms with Crippen molar-refractivity contribution in [2.45, 2.75) is 50.7 Å². The van der Waals surface area contributed by atoms with Gasteiger partial charge in [-0.05, 0) is 56.1 Å². The molecule has 4 nitrogen and oxygen atoms in total. The molecule has 0 saturated carbocycles. The van der Waals surface area contributed by atoms with Gasteiger partial charge in [-0.2, -0.15) is 0 Å². The Hall–Kier alpha value is -1.88. The third-order valence-corrected chi connectivity index (χ3v) is 5.20. The number of aryl methyl sites for hydroxylation is 3. The van der Waals surface area contributed by atoms with Gasteiger partial charge in [0.2, 0.25) is 5.91 Å². The molecule has 1 amide bonds. The number of nitrogens with zero attached hydrogens (tertiary/aromatic N) is 2. The zero-order valence-electron chi connectivity index (χ0n) is 14.4. The lowest BCUT2D eigenvalue weighted by Crippen LogP contribution is -2.27. The average Bonchev–Trinajstić information content (AvgIpc) is 2.97. The maximum atomic E-state index is 12.4. The van der Waals surface area contributed by atoms with Crippen LogP contribution in [0.25, 0.3) is 0 Å². The topological polar surface area (TPSA) is 54.9 Å². The Morgan fingerprint density at radius 3 is 2.67 bits per heavy atom. The zero-order chi connectivity index (χ0) is 17.1. The standard InChI is InChI=1S/C19H23N3OS/c1-12-15(13(2)21-19(20-12)24-3)9-11-18(23)22-17-10-8-14-6-4-5-7-16(14)17/h4-7,17H,8-11H2,1-3H3,(H,22,23)/t17-/m0/s1. The van der Waals surface area contributed by atoms with E-state index in [1.165, 1.54) is 11.1 Å². The van der Waals surface area contributed by atoms with Gasteiger partial charge in [0.05, 0.1) is 6.04 Å². The fraction of sp³-hybridized carbons (Fsp3) is 0.421. The molecule has 1 aliphatic rings. The molecule has 0 unspecified atom stereocenters. The highest BCUT2D eigenvalue weighted by Crippen LogP contribution is 2.30. The van der Waals surface area contributed by atoms with Crippen molar-refractivity contribution in [3.63, 3.8) is 0 Å². The number of amides is 1. The third kappa shape index (κ3) is 3.61. The quantitative estimate of drug-likeness (QED) is 0.667. The monoisotopic (exact) mass is 341 g/mol. The summed E-state index contributed by atoms with van der Waals surface area (Å²) >= 11 is 1.54. The van der Waals surface area contributed by atoms with E-state index in [4.69, 9.17) is 0 Å². The van der Waals surface area contributed by atoms with Gasteiger partial charge in [0, 0.05) is 17.8 Å². The number of carbonyl (C=O) groups excluding carboxylic acids is 1. The van der Waals surface area contributed by atoms with Crippen molar-refractivity contribution in [1.82, 2.24) is 15.3 Å². The van der Waals surface area contributed by atoms with Crippen LogP contribution in [0.3, 0.4) is 0 Å². The van der Waals surface area contributed by atoms with Crippen LogP contribution in [0, 0.1) is 13.8 Å². The molecule has 0 saturated heterocycles. The summed E-state index contributed by atoms with van der Waals surface area (Å²) in [5.41, 5.74) is 5.67. The van der Waals surface area contributed by atoms with Crippen molar-refractivity contribution in [2.24, 2.45) is 0 Å². The summed E-state index contributed by atoms with van der Waals surface area (Å²) < 4.78 is 0. The van der Waals surface area contributed by atoms with Gasteiger partial charge in [-0.25, -0.2) is 9.97 Å². The van der Waals surface area contributed by atoms with Crippen LogP contribution < -0.4 is 5.32 Å². The smallest absolute Gasteiger partial charge is 0.220 e. The van der Waals surface area contributed by atoms with Crippen LogP contribution in [0.2, 0.25) is 0 Å². The van der Waals surface area contributed by atoms with Crippen LogP contribution in [0.4, 0.5) is 0 Å². The lowest BCUT2D eigenvalue weighted by atomic mass is 10.1. The maximum absolute atomic E-state index is 12.4. The summed E-state index contributed by atoms with van der Waals surface area (Å²) in [4.78, 5) is 21.3. The molecule has 0 spiro atoms. The van der Waals surface area contributed by atoms with Gasteiger partial charge in [0.15, 0.2) is 5.16 Å². The number of rotatable bonds is 5. The van der Waals surface area contributed by atoms with Crippen LogP contribution >= 0.6 is 11.8 Å². The van der Waals surface area contributed by atoms with Crippen LogP contribution in [0.1, 0.15) is 47.0 Å². The van der Waals surface area contributed by atoms with Crippen LogP contribution in [0.15, 0.2) is 29.4 Å². The molecule has 2 aromatic rings. The first-order valence-electron chi connectivity index (χ1n) is 8.33. The highest BCUT2D eigenvalue weighted by Gasteiger charge is 2.23. The van der Waals surface area contributed by atoms with Gasteiger partial charge in [-0.3, -0.25) is 4.79 Å². The number of benzene rings is 1. The average molecular weight is 341 g/mol. The molecule has 3 rings (SSSR count). The van der Waals surface area contributed by atoms with Gasteiger partial charge in [-0.1, -0.05) is 36.0 Å². The number of carbonyl (C=O) groups is 1. The molecule has 0 radical (unpaired) electrons. The Balaban J connectivity index is 1.61. The summed E-state index contributed by atoms with van der Waals surface area (Å²) in [5.74, 6) is 0.101. The van der Waals surface area contributed by atoms with Gasteiger partial charge in [-0.15, -0.1) is 0 Å². The summed E-state index contributed by atoms with van der Waals surface area (Å²) in [6, 6.07) is 8.54. The van der Waals surface area contributed by atoms with E-state index >= 15 is 0 Å². The molecule has 24 heavy (non-hydrogen) atoms. The minimum Gasteiger partial charge on any atom is -0.349 e. The molecule has 1 aromatic heterocycles. The summed E-state index contributed by atoms with van der Waals surface area (Å²) in [6.45, 7) is 3.99. The maximum Gasteiger partial charge on any atom is 0.220 e. The predicted molar refractivity (Wildman–Crippen MR) is 97.3 cm³/mol. The number of aromatic nitrogens is 2. The van der Waals surface area contributed by atoms with Crippen molar-refractivity contribution < 1.29 is 4.79 Å². The fourth-order valence-corrected chi connectivity index (χ4v) is 3.83. The van der Waals surface area contributed by atoms with Crippen molar-refractivity contribution in [1.29, 1.82) is 0 Å². The third-order valence-electron chi connectivity index (χ3n) is 4.65. The lowest BCUT2D eigenvalue weighted by Gasteiger charge is -2.15. The first kappa shape index (κ1) is 17.0. The normalized spacial score (nSPS) is 16.0. The van der Waals surface area contributed by atoms with E-state index in [1.807, 2.05) is 26.2 Å². The molecule has 0 fully saturated rings. The molecule has 0 aliphatic heterocycles. The largest absolute Gasteiger partial charge is 0.349 e. The minimum absolute atomic E-state index is 0.101. The highest BCUT2D eigenvalue weighted by molar-refractivity contribution is 7.98. The Kier molecular flexibility index (Phi) is 5.19. The van der Waals surface area contributed by atoms with Crippen molar-refractivity contribution in [3.05, 3.63) is 52.3 Å². The molecular weight excluding hydrogens is 318 g/mol. The number of hydrogen-bond acceptors (Lipinski definition) is 4. The van der Waals surface area contributed by atoms with E-state index in [-0.39, 0.29) is 11.9 Å². The molecule has 5 heteroatoms. The first-order valence-corrected chi connectivity index (χ1v) is 9.56. The van der Waals surface area contributed by atoms with Crippen LogP contribution in [-0.2, 0) is 17.6 Å². The minimum atomic E-state index is 0.101. The van der Waals surface area contributed by atoms with Crippen LogP contribution in [0.5, 0.6) is 0 Å². The molecule has 1 N–H and O–H groups in total. The number of thioether (sulfide) groups is 1. The molecule has 1 aromatic carbocycles. The summed E-state index contributed by atoms with van der Waals surface area (Å²) in [5, 5.41) is 3.98. The van der Waals surface area contributed by atoms with Crippen molar-refractivity contribution in [3.8, 4) is 0 Å². The summed E-state index contributed by atoms with van der Waals surface area (Å²) in [7, 11) is 0. The van der Waals surface area contributed by atoms with E-state index in [2.05, 4.69) is 33.5 Å². The Labute approximate surface area is 147 Å². The number of hydrogen-bond donors (Lipinski definition) is 1. The van der Waals surface area contributed by atoms with Gasteiger partial charge >= 0.3 is 0 Å². The van der Waals surface area contributed by atoms with E-state index in [9.17, 15) is 4.79 Å². The molecule has 0 bridgehead atoms. The van der Waals surface area contributed by atoms with Crippen molar-refractivity contribution >= 4 is 17.7 Å². The second kappa shape index (κ2) is 7.34. The van der Waals surface area contributed by atoms with Crippen LogP contribution in [-0.4, -0.2) is 22.1 Å². The van der Waals surface area contributed by atoms with Gasteiger partial charge < -0.3 is 5.32 Å². The fourth-order valence-electron chi connectivity index (χ4n) is 3.37. The van der Waals surface area contributed by atoms with Crippen molar-refractivity contribution in [2.75, 3.05) is 6.26 Å². The zero-order valence-corrected chi connectivity index (χ0v) is 15.2. The molecule has 1 atom stereocenters. The Bertz CT molecular complexity index is 737. The Morgan fingerprint density at radius 1 is 1.25 bits per heavy atom. The second-order valence-corrected chi connectivity index (χ2v) is 6.99.